The van der Waals surface area contributed by atoms with Crippen LogP contribution in [0.5, 0.6) is 0 Å². The second-order valence-electron chi connectivity index (χ2n) is 7.55. The molecule has 4 atom stereocenters. The molecule has 0 aliphatic rings. The van der Waals surface area contributed by atoms with E-state index in [1.807, 2.05) is 42.8 Å². The molecular formula is C22H34N4O5S2. The van der Waals surface area contributed by atoms with Crippen molar-refractivity contribution < 1.29 is 24.3 Å². The molecule has 0 radical (unpaired) electrons. The van der Waals surface area contributed by atoms with E-state index in [1.54, 1.807) is 11.8 Å². The number of hydrogen-bond acceptors (Lipinski definition) is 7. The fraction of sp³-hybridized carbons (Fsp3) is 0.545. The molecule has 33 heavy (non-hydrogen) atoms. The number of nitrogens with one attached hydrogen (secondary N) is 3. The van der Waals surface area contributed by atoms with Crippen molar-refractivity contribution in [3.63, 3.8) is 0 Å². The highest BCUT2D eigenvalue weighted by molar-refractivity contribution is 7.98. The Bertz CT molecular complexity index is 781. The maximum Gasteiger partial charge on any atom is 0.325 e. The Balaban J connectivity index is 2.98. The van der Waals surface area contributed by atoms with Crippen molar-refractivity contribution in [1.29, 1.82) is 0 Å². The summed E-state index contributed by atoms with van der Waals surface area (Å²) < 4.78 is 0. The standard InChI is InChI=1S/C22H34N4O5S2/c1-14(22(30)31)24-21(29)18(13-15-7-5-4-6-8-15)26-20(28)17(10-12-33-3)25-19(27)16(23)9-11-32-2/h4-8,14,16-18H,9-13,23H2,1-3H3,(H,24,29)(H,25,27)(H,26,28)(H,30,31). The Labute approximate surface area is 203 Å². The second kappa shape index (κ2) is 15.6. The molecule has 6 N–H and O–H groups in total. The van der Waals surface area contributed by atoms with E-state index in [9.17, 15) is 19.2 Å². The number of benzene rings is 1. The second-order valence-corrected chi connectivity index (χ2v) is 9.52. The van der Waals surface area contributed by atoms with Gasteiger partial charge in [-0.25, -0.2) is 0 Å². The summed E-state index contributed by atoms with van der Waals surface area (Å²) >= 11 is 3.10. The fourth-order valence-corrected chi connectivity index (χ4v) is 3.83. The lowest BCUT2D eigenvalue weighted by molar-refractivity contribution is -0.141. The average Bonchev–Trinajstić information content (AvgIpc) is 2.79. The normalized spacial score (nSPS) is 14.4. The number of hydrogen-bond donors (Lipinski definition) is 5. The molecule has 1 aromatic carbocycles. The van der Waals surface area contributed by atoms with E-state index in [0.717, 1.165) is 11.3 Å². The van der Waals surface area contributed by atoms with E-state index >= 15 is 0 Å². The molecule has 0 heterocycles. The first kappa shape index (κ1) is 28.8. The van der Waals surface area contributed by atoms with Crippen LogP contribution in [0.3, 0.4) is 0 Å². The van der Waals surface area contributed by atoms with Crippen molar-refractivity contribution in [1.82, 2.24) is 16.0 Å². The average molecular weight is 499 g/mol. The highest BCUT2D eigenvalue weighted by Crippen LogP contribution is 2.07. The lowest BCUT2D eigenvalue weighted by Gasteiger charge is -2.25. The van der Waals surface area contributed by atoms with Gasteiger partial charge >= 0.3 is 5.97 Å². The van der Waals surface area contributed by atoms with E-state index in [-0.39, 0.29) is 6.42 Å². The Morgan fingerprint density at radius 2 is 1.42 bits per heavy atom. The minimum atomic E-state index is -1.18. The number of thioether (sulfide) groups is 2. The molecule has 0 fully saturated rings. The highest BCUT2D eigenvalue weighted by atomic mass is 32.2. The molecule has 0 aromatic heterocycles. The van der Waals surface area contributed by atoms with Gasteiger partial charge in [0.15, 0.2) is 0 Å². The van der Waals surface area contributed by atoms with Crippen LogP contribution >= 0.6 is 23.5 Å². The fourth-order valence-electron chi connectivity index (χ4n) is 2.87. The van der Waals surface area contributed by atoms with E-state index < -0.39 is 47.9 Å². The Hall–Kier alpha value is -2.24. The molecule has 0 aliphatic heterocycles. The third kappa shape index (κ3) is 11.0. The van der Waals surface area contributed by atoms with Gasteiger partial charge < -0.3 is 26.8 Å². The van der Waals surface area contributed by atoms with Crippen molar-refractivity contribution >= 4 is 47.2 Å². The lowest BCUT2D eigenvalue weighted by Crippen LogP contribution is -2.57. The zero-order valence-electron chi connectivity index (χ0n) is 19.2. The molecule has 3 amide bonds. The van der Waals surface area contributed by atoms with Crippen LogP contribution in [-0.2, 0) is 25.6 Å². The van der Waals surface area contributed by atoms with Gasteiger partial charge in [0.25, 0.3) is 0 Å². The smallest absolute Gasteiger partial charge is 0.325 e. The number of carbonyl (C=O) groups is 4. The van der Waals surface area contributed by atoms with Crippen LogP contribution in [0.2, 0.25) is 0 Å². The van der Waals surface area contributed by atoms with E-state index in [1.165, 1.54) is 18.7 Å². The SMILES string of the molecule is CSCCC(N)C(=O)NC(CCSC)C(=O)NC(Cc1ccccc1)C(=O)NC(C)C(=O)O. The molecule has 9 nitrogen and oxygen atoms in total. The van der Waals surface area contributed by atoms with Gasteiger partial charge in [-0.2, -0.15) is 23.5 Å². The van der Waals surface area contributed by atoms with Crippen molar-refractivity contribution in [2.45, 2.75) is 50.4 Å². The lowest BCUT2D eigenvalue weighted by atomic mass is 10.0. The van der Waals surface area contributed by atoms with Crippen molar-refractivity contribution in [2.75, 3.05) is 24.0 Å². The van der Waals surface area contributed by atoms with E-state index in [4.69, 9.17) is 10.8 Å². The molecule has 4 unspecified atom stereocenters. The summed E-state index contributed by atoms with van der Waals surface area (Å²) in [5.41, 5.74) is 6.73. The number of aliphatic carboxylic acids is 1. The predicted octanol–water partition coefficient (Wildman–Crippen LogP) is 0.622. The summed E-state index contributed by atoms with van der Waals surface area (Å²) in [7, 11) is 0. The molecule has 184 valence electrons. The highest BCUT2D eigenvalue weighted by Gasteiger charge is 2.29. The van der Waals surface area contributed by atoms with Gasteiger partial charge in [-0.1, -0.05) is 30.3 Å². The van der Waals surface area contributed by atoms with Crippen LogP contribution in [0, 0.1) is 0 Å². The van der Waals surface area contributed by atoms with Crippen molar-refractivity contribution in [3.05, 3.63) is 35.9 Å². The number of carboxylic acids is 1. The van der Waals surface area contributed by atoms with Crippen molar-refractivity contribution in [3.8, 4) is 0 Å². The Morgan fingerprint density at radius 3 is 2.00 bits per heavy atom. The minimum absolute atomic E-state index is 0.168. The summed E-state index contributed by atoms with van der Waals surface area (Å²) in [4.78, 5) is 49.5. The van der Waals surface area contributed by atoms with Gasteiger partial charge in [-0.15, -0.1) is 0 Å². The van der Waals surface area contributed by atoms with Crippen LogP contribution in [0.15, 0.2) is 30.3 Å². The molecule has 1 rings (SSSR count). The van der Waals surface area contributed by atoms with Crippen LogP contribution in [0.4, 0.5) is 0 Å². The van der Waals surface area contributed by atoms with Gasteiger partial charge in [-0.3, -0.25) is 19.2 Å². The van der Waals surface area contributed by atoms with Crippen molar-refractivity contribution in [2.24, 2.45) is 5.73 Å². The maximum absolute atomic E-state index is 13.1. The van der Waals surface area contributed by atoms with Crippen LogP contribution in [0.25, 0.3) is 0 Å². The maximum atomic E-state index is 13.1. The van der Waals surface area contributed by atoms with E-state index in [0.29, 0.717) is 18.6 Å². The van der Waals surface area contributed by atoms with Gasteiger partial charge in [0.05, 0.1) is 6.04 Å². The molecule has 0 aliphatic carbocycles. The first-order valence-corrected chi connectivity index (χ1v) is 13.4. The van der Waals surface area contributed by atoms with Gasteiger partial charge in [0.1, 0.15) is 18.1 Å². The van der Waals surface area contributed by atoms with Crippen LogP contribution in [0.1, 0.15) is 25.3 Å². The molecule has 1 aromatic rings. The Morgan fingerprint density at radius 1 is 0.879 bits per heavy atom. The first-order chi connectivity index (χ1) is 15.7. The molecule has 0 spiro atoms. The minimum Gasteiger partial charge on any atom is -0.480 e. The molecule has 0 saturated carbocycles. The predicted molar refractivity (Wildman–Crippen MR) is 133 cm³/mol. The molecule has 11 heteroatoms. The molecule has 0 bridgehead atoms. The summed E-state index contributed by atoms with van der Waals surface area (Å²) in [5.74, 6) is -1.41. The first-order valence-electron chi connectivity index (χ1n) is 10.6. The third-order valence-electron chi connectivity index (χ3n) is 4.86. The number of carbonyl (C=O) groups excluding carboxylic acids is 3. The van der Waals surface area contributed by atoms with Gasteiger partial charge in [-0.05, 0) is 49.3 Å². The van der Waals surface area contributed by atoms with Crippen LogP contribution in [-0.4, -0.2) is 77.0 Å². The third-order valence-corrected chi connectivity index (χ3v) is 6.15. The topological polar surface area (TPSA) is 151 Å². The van der Waals surface area contributed by atoms with E-state index in [2.05, 4.69) is 16.0 Å². The summed E-state index contributed by atoms with van der Waals surface area (Å²) in [5, 5.41) is 16.9. The zero-order chi connectivity index (χ0) is 24.8. The number of carboxylic acid groups (broad SMARTS) is 1. The number of rotatable bonds is 15. The van der Waals surface area contributed by atoms with Crippen LogP contribution < -0.4 is 21.7 Å². The van der Waals surface area contributed by atoms with Gasteiger partial charge in [0, 0.05) is 6.42 Å². The monoisotopic (exact) mass is 498 g/mol. The molecule has 0 saturated heterocycles. The summed E-state index contributed by atoms with van der Waals surface area (Å²) in [6.45, 7) is 1.35. The number of amides is 3. The largest absolute Gasteiger partial charge is 0.480 e. The quantitative estimate of drug-likeness (QED) is 0.236. The molecular weight excluding hydrogens is 464 g/mol. The summed E-state index contributed by atoms with van der Waals surface area (Å²) in [6.07, 6.45) is 4.82. The number of nitrogens with two attached hydrogens (primary N) is 1. The Kier molecular flexibility index (Phi) is 13.6. The summed E-state index contributed by atoms with van der Waals surface area (Å²) in [6, 6.07) is 5.34. The van der Waals surface area contributed by atoms with Gasteiger partial charge in [0.2, 0.25) is 17.7 Å². The zero-order valence-corrected chi connectivity index (χ0v) is 20.8.